The number of furan rings is 1. The van der Waals surface area contributed by atoms with Gasteiger partial charge in [-0.05, 0) is 30.4 Å². The molecule has 21 heavy (non-hydrogen) atoms. The van der Waals surface area contributed by atoms with Gasteiger partial charge in [-0.2, -0.15) is 0 Å². The molecule has 0 saturated carbocycles. The Morgan fingerprint density at radius 1 is 1.10 bits per heavy atom. The van der Waals surface area contributed by atoms with Gasteiger partial charge in [0.25, 0.3) is 0 Å². The standard InChI is InChI=1S/C14H8ClN3O3/c15-14-12(16-10-3-1-2-4-11(10)17-14)7-5-9-6-8-13(21-9)18(19)20/h1-8H/b7-5+. The Balaban J connectivity index is 1.94. The first-order chi connectivity index (χ1) is 10.1. The van der Waals surface area contributed by atoms with E-state index in [1.54, 1.807) is 12.2 Å². The predicted molar refractivity (Wildman–Crippen MR) is 78.8 cm³/mol. The fraction of sp³-hybridized carbons (Fsp3) is 0. The van der Waals surface area contributed by atoms with E-state index in [1.807, 2.05) is 24.3 Å². The molecular weight excluding hydrogens is 294 g/mol. The molecule has 104 valence electrons. The topological polar surface area (TPSA) is 82.1 Å². The quantitative estimate of drug-likeness (QED) is 0.540. The minimum atomic E-state index is -0.597. The van der Waals surface area contributed by atoms with E-state index in [2.05, 4.69) is 9.97 Å². The molecule has 6 nitrogen and oxygen atoms in total. The second-order valence-corrected chi connectivity index (χ2v) is 4.51. The van der Waals surface area contributed by atoms with Crippen LogP contribution in [0.15, 0.2) is 40.8 Å². The zero-order valence-corrected chi connectivity index (χ0v) is 11.3. The lowest BCUT2D eigenvalue weighted by molar-refractivity contribution is -0.402. The third kappa shape index (κ3) is 2.75. The van der Waals surface area contributed by atoms with E-state index in [4.69, 9.17) is 16.0 Å². The molecule has 0 atom stereocenters. The number of nitrogens with zero attached hydrogens (tertiary/aromatic N) is 3. The Hall–Kier alpha value is -2.73. The van der Waals surface area contributed by atoms with E-state index >= 15 is 0 Å². The van der Waals surface area contributed by atoms with Crippen molar-refractivity contribution in [3.05, 3.63) is 63.1 Å². The maximum Gasteiger partial charge on any atom is 0.433 e. The summed E-state index contributed by atoms with van der Waals surface area (Å²) in [6.07, 6.45) is 3.15. The molecule has 2 heterocycles. The SMILES string of the molecule is O=[N+]([O-])c1ccc(/C=C/c2nc3ccccc3nc2Cl)o1. The van der Waals surface area contributed by atoms with E-state index in [9.17, 15) is 10.1 Å². The molecule has 0 spiro atoms. The van der Waals surface area contributed by atoms with Crippen LogP contribution in [0.1, 0.15) is 11.5 Å². The Morgan fingerprint density at radius 3 is 2.48 bits per heavy atom. The Labute approximate surface area is 123 Å². The van der Waals surface area contributed by atoms with Crippen molar-refractivity contribution in [2.75, 3.05) is 0 Å². The number of fused-ring (bicyclic) bond motifs is 1. The first-order valence-corrected chi connectivity index (χ1v) is 6.36. The third-order valence-electron chi connectivity index (χ3n) is 2.75. The molecular formula is C14H8ClN3O3. The van der Waals surface area contributed by atoms with Gasteiger partial charge in [-0.3, -0.25) is 10.1 Å². The lowest BCUT2D eigenvalue weighted by atomic mass is 10.3. The van der Waals surface area contributed by atoms with Gasteiger partial charge < -0.3 is 4.42 Å². The van der Waals surface area contributed by atoms with Gasteiger partial charge in [0.1, 0.15) is 16.4 Å². The molecule has 1 aromatic carbocycles. The van der Waals surface area contributed by atoms with Crippen molar-refractivity contribution in [2.24, 2.45) is 0 Å². The predicted octanol–water partition coefficient (Wildman–Crippen LogP) is 3.95. The monoisotopic (exact) mass is 301 g/mol. The van der Waals surface area contributed by atoms with Gasteiger partial charge in [0.05, 0.1) is 17.1 Å². The summed E-state index contributed by atoms with van der Waals surface area (Å²) in [5.74, 6) is 0.0260. The number of aromatic nitrogens is 2. The molecule has 0 amide bonds. The summed E-state index contributed by atoms with van der Waals surface area (Å²) in [6.45, 7) is 0. The van der Waals surface area contributed by atoms with Crippen molar-refractivity contribution < 1.29 is 9.34 Å². The molecule has 7 heteroatoms. The Bertz CT molecular complexity index is 858. The lowest BCUT2D eigenvalue weighted by Gasteiger charge is -2.00. The van der Waals surface area contributed by atoms with Crippen molar-refractivity contribution in [1.29, 1.82) is 0 Å². The number of para-hydroxylation sites is 2. The summed E-state index contributed by atoms with van der Waals surface area (Å²) in [5, 5.41) is 10.8. The Kier molecular flexibility index (Phi) is 3.37. The molecule has 0 aliphatic heterocycles. The van der Waals surface area contributed by atoms with Gasteiger partial charge in [0, 0.05) is 0 Å². The molecule has 0 N–H and O–H groups in total. The average molecular weight is 302 g/mol. The van der Waals surface area contributed by atoms with Gasteiger partial charge in [-0.25, -0.2) is 9.97 Å². The van der Waals surface area contributed by atoms with Gasteiger partial charge in [0.2, 0.25) is 0 Å². The van der Waals surface area contributed by atoms with E-state index in [0.29, 0.717) is 22.5 Å². The average Bonchev–Trinajstić information content (AvgIpc) is 2.94. The second-order valence-electron chi connectivity index (χ2n) is 4.15. The molecule has 0 radical (unpaired) electrons. The fourth-order valence-corrected chi connectivity index (χ4v) is 1.99. The Morgan fingerprint density at radius 2 is 1.81 bits per heavy atom. The summed E-state index contributed by atoms with van der Waals surface area (Å²) >= 11 is 6.06. The van der Waals surface area contributed by atoms with Crippen molar-refractivity contribution in [3.8, 4) is 0 Å². The zero-order chi connectivity index (χ0) is 14.8. The first-order valence-electron chi connectivity index (χ1n) is 5.98. The minimum Gasteiger partial charge on any atom is -0.401 e. The molecule has 3 rings (SSSR count). The normalized spacial score (nSPS) is 11.3. The van der Waals surface area contributed by atoms with Gasteiger partial charge in [-0.15, -0.1) is 0 Å². The molecule has 0 unspecified atom stereocenters. The minimum absolute atomic E-state index is 0.256. The molecule has 0 aliphatic rings. The highest BCUT2D eigenvalue weighted by Crippen LogP contribution is 2.21. The van der Waals surface area contributed by atoms with Gasteiger partial charge >= 0.3 is 5.88 Å². The van der Waals surface area contributed by atoms with Crippen LogP contribution in [0.3, 0.4) is 0 Å². The summed E-state index contributed by atoms with van der Waals surface area (Å²) in [7, 11) is 0. The molecule has 2 aromatic heterocycles. The van der Waals surface area contributed by atoms with Gasteiger partial charge in [-0.1, -0.05) is 23.7 Å². The number of rotatable bonds is 3. The number of hydrogen-bond acceptors (Lipinski definition) is 5. The van der Waals surface area contributed by atoms with Crippen molar-refractivity contribution >= 4 is 40.7 Å². The van der Waals surface area contributed by atoms with E-state index in [1.165, 1.54) is 12.1 Å². The van der Waals surface area contributed by atoms with E-state index in [0.717, 1.165) is 0 Å². The smallest absolute Gasteiger partial charge is 0.401 e. The van der Waals surface area contributed by atoms with Crippen LogP contribution in [0.4, 0.5) is 5.88 Å². The van der Waals surface area contributed by atoms with E-state index < -0.39 is 4.92 Å². The fourth-order valence-electron chi connectivity index (χ4n) is 1.79. The molecule has 0 saturated heterocycles. The summed E-state index contributed by atoms with van der Waals surface area (Å²) in [4.78, 5) is 18.5. The van der Waals surface area contributed by atoms with Crippen molar-refractivity contribution in [1.82, 2.24) is 9.97 Å². The molecule has 0 fully saturated rings. The van der Waals surface area contributed by atoms with Crippen LogP contribution in [0.25, 0.3) is 23.2 Å². The molecule has 0 aliphatic carbocycles. The van der Waals surface area contributed by atoms with Crippen LogP contribution >= 0.6 is 11.6 Å². The zero-order valence-electron chi connectivity index (χ0n) is 10.6. The maximum atomic E-state index is 10.5. The summed E-state index contributed by atoms with van der Waals surface area (Å²) in [6, 6.07) is 10.1. The first kappa shape index (κ1) is 13.3. The molecule has 3 aromatic rings. The van der Waals surface area contributed by atoms with Crippen LogP contribution in [-0.4, -0.2) is 14.9 Å². The number of benzene rings is 1. The van der Waals surface area contributed by atoms with Crippen LogP contribution in [0.2, 0.25) is 5.15 Å². The molecule has 0 bridgehead atoms. The van der Waals surface area contributed by atoms with Gasteiger partial charge in [0.15, 0.2) is 5.15 Å². The van der Waals surface area contributed by atoms with Crippen molar-refractivity contribution in [2.45, 2.75) is 0 Å². The lowest BCUT2D eigenvalue weighted by Crippen LogP contribution is -1.89. The number of halogens is 1. The highest BCUT2D eigenvalue weighted by atomic mass is 35.5. The van der Waals surface area contributed by atoms with Crippen LogP contribution in [-0.2, 0) is 0 Å². The van der Waals surface area contributed by atoms with Crippen LogP contribution < -0.4 is 0 Å². The number of nitro groups is 1. The second kappa shape index (κ2) is 5.34. The maximum absolute atomic E-state index is 10.5. The summed E-state index contributed by atoms with van der Waals surface area (Å²) < 4.78 is 5.02. The highest BCUT2D eigenvalue weighted by molar-refractivity contribution is 6.31. The van der Waals surface area contributed by atoms with Crippen LogP contribution in [0.5, 0.6) is 0 Å². The largest absolute Gasteiger partial charge is 0.433 e. The van der Waals surface area contributed by atoms with Crippen molar-refractivity contribution in [3.63, 3.8) is 0 Å². The number of hydrogen-bond donors (Lipinski definition) is 0. The highest BCUT2D eigenvalue weighted by Gasteiger charge is 2.10. The summed E-state index contributed by atoms with van der Waals surface area (Å²) in [5.41, 5.74) is 1.88. The van der Waals surface area contributed by atoms with E-state index in [-0.39, 0.29) is 11.0 Å². The third-order valence-corrected chi connectivity index (χ3v) is 3.03. The van der Waals surface area contributed by atoms with Crippen LogP contribution in [0, 0.1) is 10.1 Å².